The van der Waals surface area contributed by atoms with Crippen molar-refractivity contribution in [1.29, 1.82) is 0 Å². The molecular weight excluding hydrogens is 546 g/mol. The molecule has 1 heterocycles. The van der Waals surface area contributed by atoms with Crippen LogP contribution in [0.3, 0.4) is 0 Å². The van der Waals surface area contributed by atoms with Crippen molar-refractivity contribution in [3.8, 4) is 5.75 Å². The Balaban J connectivity index is 0.000000768. The van der Waals surface area contributed by atoms with Crippen molar-refractivity contribution in [2.75, 3.05) is 7.11 Å². The number of benzene rings is 2. The molecule has 2 N–H and O–H groups in total. The molecular formula is C39H47NO4. The van der Waals surface area contributed by atoms with Crippen LogP contribution in [0.5, 0.6) is 5.75 Å². The molecule has 0 amide bonds. The molecule has 3 atom stereocenters. The average molecular weight is 594 g/mol. The second-order valence-electron chi connectivity index (χ2n) is 9.78. The molecule has 232 valence electrons. The minimum absolute atomic E-state index is 0.219. The number of carbonyl (C=O) groups is 2. The summed E-state index contributed by atoms with van der Waals surface area (Å²) in [5, 5.41) is 2.08. The summed E-state index contributed by atoms with van der Waals surface area (Å²) in [7, 11) is 1.69. The van der Waals surface area contributed by atoms with Crippen LogP contribution in [0.1, 0.15) is 60.5 Å². The number of hydrogen-bond donors (Lipinski definition) is 1. The van der Waals surface area contributed by atoms with Gasteiger partial charge in [-0.05, 0) is 60.3 Å². The molecule has 3 unspecified atom stereocenters. The Morgan fingerprint density at radius 1 is 1.00 bits per heavy atom. The van der Waals surface area contributed by atoms with Crippen LogP contribution in [0.15, 0.2) is 125 Å². The van der Waals surface area contributed by atoms with Crippen LogP contribution in [0.4, 0.5) is 0 Å². The minimum atomic E-state index is -1.06. The summed E-state index contributed by atoms with van der Waals surface area (Å²) in [5.41, 5.74) is 12.9. The van der Waals surface area contributed by atoms with Gasteiger partial charge in [-0.15, -0.1) is 5.73 Å². The van der Waals surface area contributed by atoms with E-state index in [2.05, 4.69) is 49.1 Å². The van der Waals surface area contributed by atoms with Gasteiger partial charge in [0.2, 0.25) is 0 Å². The topological polar surface area (TPSA) is 78.6 Å². The third-order valence-electron chi connectivity index (χ3n) is 7.29. The van der Waals surface area contributed by atoms with E-state index in [1.165, 1.54) is 0 Å². The number of ether oxygens (including phenoxy) is 2. The quantitative estimate of drug-likeness (QED) is 0.277. The van der Waals surface area contributed by atoms with Gasteiger partial charge in [0.1, 0.15) is 30.0 Å². The van der Waals surface area contributed by atoms with Crippen LogP contribution in [0, 0.1) is 5.92 Å². The number of allylic oxidation sites excluding steroid dienone is 9. The Labute approximate surface area is 263 Å². The number of fused-ring (bicyclic) bond motifs is 3. The molecule has 0 radical (unpaired) electrons. The molecule has 5 nitrogen and oxygen atoms in total. The van der Waals surface area contributed by atoms with E-state index in [1.54, 1.807) is 19.3 Å². The predicted molar refractivity (Wildman–Crippen MR) is 183 cm³/mol. The van der Waals surface area contributed by atoms with Crippen molar-refractivity contribution in [3.63, 3.8) is 0 Å². The summed E-state index contributed by atoms with van der Waals surface area (Å²) in [6.45, 7) is 14.0. The maximum absolute atomic E-state index is 12.3. The van der Waals surface area contributed by atoms with Gasteiger partial charge < -0.3 is 20.0 Å². The average Bonchev–Trinajstić information content (AvgIpc) is 3.33. The summed E-state index contributed by atoms with van der Waals surface area (Å²) in [4.78, 5) is 21.5. The van der Waals surface area contributed by atoms with Crippen LogP contribution in [-0.4, -0.2) is 25.8 Å². The fraction of sp³-hybridized carbons (Fsp3) is 0.308. The lowest BCUT2D eigenvalue weighted by Crippen LogP contribution is -2.44. The lowest BCUT2D eigenvalue weighted by Gasteiger charge is -2.45. The standard InChI is InChI=1S/C32H29NO3.C3H6O.2C2H6/c1-21-13-16-26(33)19-24(21)15-17-28-22(2)36-31-27-11-8-7-9-23(27)14-18-30(31)32(28,35-3)29-12-6-4-5-10-25(29)20-34;1-2-3-4;2*1-2/h5-22H,33H2,1-3H3;3H,2H2,1H3;2*1-2H3/b24-15-,28-17+;;;. The smallest absolute Gasteiger partial charge is 0.150 e. The van der Waals surface area contributed by atoms with E-state index in [9.17, 15) is 9.59 Å². The van der Waals surface area contributed by atoms with E-state index in [0.717, 1.165) is 57.1 Å². The minimum Gasteiger partial charge on any atom is -0.485 e. The van der Waals surface area contributed by atoms with Gasteiger partial charge >= 0.3 is 0 Å². The lowest BCUT2D eigenvalue weighted by molar-refractivity contribution is -0.107. The fourth-order valence-electron chi connectivity index (χ4n) is 5.28. The molecule has 2 aliphatic carbocycles. The van der Waals surface area contributed by atoms with Crippen LogP contribution >= 0.6 is 0 Å². The molecule has 5 heteroatoms. The zero-order valence-electron chi connectivity index (χ0n) is 27.4. The third-order valence-corrected chi connectivity index (χ3v) is 7.29. The second-order valence-corrected chi connectivity index (χ2v) is 9.78. The highest BCUT2D eigenvalue weighted by molar-refractivity contribution is 5.92. The summed E-state index contributed by atoms with van der Waals surface area (Å²) >= 11 is 0. The molecule has 2 aromatic carbocycles. The number of hydrogen-bond acceptors (Lipinski definition) is 5. The summed E-state index contributed by atoms with van der Waals surface area (Å²) in [5.74, 6) is 0.981. The number of carbonyl (C=O) groups excluding carboxylic acids is 2. The van der Waals surface area contributed by atoms with Gasteiger partial charge in [-0.2, -0.15) is 0 Å². The number of methoxy groups -OCH3 is 1. The van der Waals surface area contributed by atoms with Gasteiger partial charge in [-0.25, -0.2) is 0 Å². The number of aldehydes is 2. The van der Waals surface area contributed by atoms with Crippen molar-refractivity contribution in [2.24, 2.45) is 11.7 Å². The molecule has 0 saturated carbocycles. The Kier molecular flexibility index (Phi) is 14.3. The molecule has 0 spiro atoms. The number of nitrogens with two attached hydrogens (primary N) is 1. The Morgan fingerprint density at radius 2 is 1.68 bits per heavy atom. The van der Waals surface area contributed by atoms with E-state index in [0.29, 0.717) is 12.0 Å². The first-order chi connectivity index (χ1) is 21.4. The van der Waals surface area contributed by atoms with Gasteiger partial charge in [0.25, 0.3) is 0 Å². The van der Waals surface area contributed by atoms with E-state index < -0.39 is 5.60 Å². The van der Waals surface area contributed by atoms with Gasteiger partial charge in [0, 0.05) is 46.9 Å². The molecule has 1 aliphatic heterocycles. The molecule has 3 aliphatic rings. The van der Waals surface area contributed by atoms with Crippen molar-refractivity contribution in [1.82, 2.24) is 0 Å². The van der Waals surface area contributed by atoms with Gasteiger partial charge in [-0.1, -0.05) is 96.2 Å². The molecule has 2 aromatic rings. The summed E-state index contributed by atoms with van der Waals surface area (Å²) < 4.78 is 13.1. The Bertz CT molecular complexity index is 1560. The highest BCUT2D eigenvalue weighted by Crippen LogP contribution is 2.53. The molecule has 0 saturated heterocycles. The highest BCUT2D eigenvalue weighted by Gasteiger charge is 2.49. The van der Waals surface area contributed by atoms with E-state index in [4.69, 9.17) is 15.2 Å². The normalized spacial score (nSPS) is 23.1. The van der Waals surface area contributed by atoms with Crippen molar-refractivity contribution >= 4 is 23.3 Å². The molecule has 44 heavy (non-hydrogen) atoms. The van der Waals surface area contributed by atoms with E-state index in [1.807, 2.05) is 84.0 Å². The van der Waals surface area contributed by atoms with Crippen LogP contribution in [0.2, 0.25) is 0 Å². The Hall–Kier alpha value is -4.44. The fourth-order valence-corrected chi connectivity index (χ4v) is 5.28. The maximum atomic E-state index is 12.3. The molecule has 5 rings (SSSR count). The van der Waals surface area contributed by atoms with Crippen molar-refractivity contribution in [2.45, 2.75) is 66.6 Å². The zero-order valence-corrected chi connectivity index (χ0v) is 27.4. The van der Waals surface area contributed by atoms with Crippen molar-refractivity contribution < 1.29 is 19.1 Å². The van der Waals surface area contributed by atoms with Crippen LogP contribution < -0.4 is 10.5 Å². The van der Waals surface area contributed by atoms with Crippen molar-refractivity contribution in [3.05, 3.63) is 130 Å². The van der Waals surface area contributed by atoms with Gasteiger partial charge in [0.15, 0.2) is 0 Å². The largest absolute Gasteiger partial charge is 0.485 e. The zero-order chi connectivity index (χ0) is 32.7. The van der Waals surface area contributed by atoms with E-state index in [-0.39, 0.29) is 12.0 Å². The predicted octanol–water partition coefficient (Wildman–Crippen LogP) is 8.79. The molecule has 0 fully saturated rings. The highest BCUT2D eigenvalue weighted by atomic mass is 16.5. The Morgan fingerprint density at radius 3 is 2.34 bits per heavy atom. The van der Waals surface area contributed by atoms with Gasteiger partial charge in [0.05, 0.1) is 0 Å². The van der Waals surface area contributed by atoms with Gasteiger partial charge in [-0.3, -0.25) is 4.79 Å². The third kappa shape index (κ3) is 7.55. The molecule has 0 bridgehead atoms. The SMILES string of the molecule is CC.CC.CCC=O.COC1(C2=CC=C=CC=C2C=O)/C(=C/C=C2/C=C(N)C=CC2C)C(C)Oc2c1ccc1ccccc21. The first-order valence-electron chi connectivity index (χ1n) is 15.5. The number of rotatable bonds is 5. The summed E-state index contributed by atoms with van der Waals surface area (Å²) in [6.07, 6.45) is 19.4. The first kappa shape index (κ1) is 35.8. The monoisotopic (exact) mass is 593 g/mol. The van der Waals surface area contributed by atoms with E-state index >= 15 is 0 Å². The maximum Gasteiger partial charge on any atom is 0.150 e. The lowest BCUT2D eigenvalue weighted by atomic mass is 9.72. The van der Waals surface area contributed by atoms with Crippen LogP contribution in [0.25, 0.3) is 10.8 Å². The molecule has 0 aromatic heterocycles. The summed E-state index contributed by atoms with van der Waals surface area (Å²) in [6, 6.07) is 12.3. The second kappa shape index (κ2) is 17.6. The first-order valence-corrected chi connectivity index (χ1v) is 15.5. The van der Waals surface area contributed by atoms with Crippen LogP contribution in [-0.2, 0) is 19.9 Å².